The van der Waals surface area contributed by atoms with E-state index in [1.165, 1.54) is 24.8 Å². The van der Waals surface area contributed by atoms with Crippen LogP contribution in [0, 0.1) is 16.7 Å². The van der Waals surface area contributed by atoms with Crippen LogP contribution in [0.25, 0.3) is 0 Å². The summed E-state index contributed by atoms with van der Waals surface area (Å²) in [4.78, 5) is 21.4. The summed E-state index contributed by atoms with van der Waals surface area (Å²) < 4.78 is 6.79. The van der Waals surface area contributed by atoms with E-state index in [9.17, 15) is 9.59 Å². The van der Waals surface area contributed by atoms with Gasteiger partial charge < -0.3 is 19.8 Å². The molecule has 32 heavy (non-hydrogen) atoms. The molecule has 178 valence electrons. The predicted octanol–water partition coefficient (Wildman–Crippen LogP) is 4.49. The van der Waals surface area contributed by atoms with Gasteiger partial charge in [0, 0.05) is 30.6 Å². The second kappa shape index (κ2) is 10.6. The molecular weight excluding hydrogens is 406 g/mol. The molecular formula is C26H39NO5. The zero-order chi connectivity index (χ0) is 24.0. The molecule has 0 aliphatic heterocycles. The Morgan fingerprint density at radius 1 is 1.09 bits per heavy atom. The van der Waals surface area contributed by atoms with Gasteiger partial charge in [-0.3, -0.25) is 0 Å². The lowest BCUT2D eigenvalue weighted by Crippen LogP contribution is -2.51. The van der Waals surface area contributed by atoms with Gasteiger partial charge in [0.25, 0.3) is 0 Å². The summed E-state index contributed by atoms with van der Waals surface area (Å²) in [6.07, 6.45) is 7.21. The van der Waals surface area contributed by atoms with Crippen LogP contribution in [0.2, 0.25) is 0 Å². The van der Waals surface area contributed by atoms with Crippen LogP contribution in [0.5, 0.6) is 0 Å². The van der Waals surface area contributed by atoms with E-state index in [-0.39, 0.29) is 11.0 Å². The monoisotopic (exact) mass is 445 g/mol. The minimum atomic E-state index is -1.26. The van der Waals surface area contributed by atoms with Crippen molar-refractivity contribution < 1.29 is 24.5 Å². The Kier molecular flexibility index (Phi) is 8.66. The summed E-state index contributed by atoms with van der Waals surface area (Å²) in [6, 6.07) is 11.0. The third-order valence-electron chi connectivity index (χ3n) is 7.85. The van der Waals surface area contributed by atoms with Gasteiger partial charge in [-0.05, 0) is 63.2 Å². The molecule has 2 bridgehead atoms. The van der Waals surface area contributed by atoms with Gasteiger partial charge in [-0.25, -0.2) is 9.59 Å². The van der Waals surface area contributed by atoms with E-state index in [2.05, 4.69) is 70.1 Å². The van der Waals surface area contributed by atoms with Gasteiger partial charge in [-0.2, -0.15) is 0 Å². The number of aliphatic carboxylic acids is 2. The zero-order valence-corrected chi connectivity index (χ0v) is 20.1. The Morgan fingerprint density at radius 2 is 1.69 bits per heavy atom. The molecule has 1 aromatic carbocycles. The number of carbonyl (C=O) groups is 2. The van der Waals surface area contributed by atoms with E-state index in [4.69, 9.17) is 14.9 Å². The van der Waals surface area contributed by atoms with Gasteiger partial charge in [0.05, 0.1) is 5.60 Å². The highest BCUT2D eigenvalue weighted by Gasteiger charge is 2.69. The first-order valence-corrected chi connectivity index (χ1v) is 11.4. The third kappa shape index (κ3) is 5.78. The number of rotatable bonds is 9. The summed E-state index contributed by atoms with van der Waals surface area (Å²) in [6.45, 7) is 9.46. The Hall–Kier alpha value is -2.18. The predicted molar refractivity (Wildman–Crippen MR) is 126 cm³/mol. The second-order valence-corrected chi connectivity index (χ2v) is 10.2. The van der Waals surface area contributed by atoms with Crippen LogP contribution in [-0.4, -0.2) is 59.9 Å². The quantitative estimate of drug-likeness (QED) is 0.430. The number of hydrogen-bond donors (Lipinski definition) is 2. The van der Waals surface area contributed by atoms with Crippen molar-refractivity contribution in [2.75, 3.05) is 27.2 Å². The van der Waals surface area contributed by atoms with Crippen molar-refractivity contribution in [3.63, 3.8) is 0 Å². The SMILES string of the molecule is CN(C)CCCOC1(Cc2ccccc2)CC2CCC1(C)C2(C)C.O=C(O)/C=C/C(=O)O. The highest BCUT2D eigenvalue weighted by molar-refractivity contribution is 5.89. The standard InChI is InChI=1S/C22H35NO.C4H4O4/c1-20(2)19-12-13-21(20,3)22(17-19,24-15-9-14-23(4)5)16-18-10-7-6-8-11-18;5-3(6)1-2-4(7)8/h6-8,10-11,19H,9,12-17H2,1-5H3;1-2H,(H,5,6)(H,7,8)/b;2-1+. The first-order chi connectivity index (χ1) is 14.9. The number of benzene rings is 1. The Bertz CT molecular complexity index is 788. The van der Waals surface area contributed by atoms with Gasteiger partial charge in [0.1, 0.15) is 0 Å². The molecule has 2 fully saturated rings. The van der Waals surface area contributed by atoms with E-state index in [1.54, 1.807) is 0 Å². The fraction of sp³-hybridized carbons (Fsp3) is 0.615. The highest BCUT2D eigenvalue weighted by Crippen LogP contribution is 2.71. The number of nitrogens with zero attached hydrogens (tertiary/aromatic N) is 1. The molecule has 3 rings (SSSR count). The summed E-state index contributed by atoms with van der Waals surface area (Å²) >= 11 is 0. The van der Waals surface area contributed by atoms with Crippen molar-refractivity contribution in [3.8, 4) is 0 Å². The molecule has 0 heterocycles. The van der Waals surface area contributed by atoms with E-state index < -0.39 is 11.9 Å². The number of fused-ring (bicyclic) bond motifs is 2. The van der Waals surface area contributed by atoms with Gasteiger partial charge in [-0.15, -0.1) is 0 Å². The average molecular weight is 446 g/mol. The van der Waals surface area contributed by atoms with Gasteiger partial charge in [0.15, 0.2) is 0 Å². The van der Waals surface area contributed by atoms with Crippen LogP contribution >= 0.6 is 0 Å². The van der Waals surface area contributed by atoms with Crippen LogP contribution < -0.4 is 0 Å². The number of carboxylic acid groups (broad SMARTS) is 2. The lowest BCUT2D eigenvalue weighted by atomic mass is 9.62. The van der Waals surface area contributed by atoms with Gasteiger partial charge >= 0.3 is 11.9 Å². The summed E-state index contributed by atoms with van der Waals surface area (Å²) in [7, 11) is 4.28. The van der Waals surface area contributed by atoms with Crippen molar-refractivity contribution in [1.29, 1.82) is 0 Å². The van der Waals surface area contributed by atoms with Crippen molar-refractivity contribution in [1.82, 2.24) is 4.90 Å². The van der Waals surface area contributed by atoms with Crippen LogP contribution in [0.1, 0.15) is 52.0 Å². The van der Waals surface area contributed by atoms with Crippen LogP contribution in [0.3, 0.4) is 0 Å². The normalized spacial score (nSPS) is 28.0. The third-order valence-corrected chi connectivity index (χ3v) is 7.85. The van der Waals surface area contributed by atoms with Crippen molar-refractivity contribution in [3.05, 3.63) is 48.0 Å². The summed E-state index contributed by atoms with van der Waals surface area (Å²) in [5, 5.41) is 15.6. The van der Waals surface area contributed by atoms with Gasteiger partial charge in [0.2, 0.25) is 0 Å². The first kappa shape index (κ1) is 26.1. The van der Waals surface area contributed by atoms with E-state index in [1.807, 2.05) is 0 Å². The minimum Gasteiger partial charge on any atom is -0.478 e. The molecule has 0 saturated heterocycles. The van der Waals surface area contributed by atoms with Gasteiger partial charge in [-0.1, -0.05) is 51.1 Å². The summed E-state index contributed by atoms with van der Waals surface area (Å²) in [5.74, 6) is -1.71. The van der Waals surface area contributed by atoms with Crippen LogP contribution in [0.4, 0.5) is 0 Å². The molecule has 6 nitrogen and oxygen atoms in total. The minimum absolute atomic E-state index is 0.00703. The molecule has 1 aromatic rings. The fourth-order valence-corrected chi connectivity index (χ4v) is 5.64. The summed E-state index contributed by atoms with van der Waals surface area (Å²) in [5.41, 5.74) is 2.09. The average Bonchev–Trinajstić information content (AvgIpc) is 3.03. The molecule has 0 radical (unpaired) electrons. The molecule has 3 atom stereocenters. The maximum absolute atomic E-state index is 9.55. The molecule has 0 aromatic heterocycles. The molecule has 3 unspecified atom stereocenters. The number of hydrogen-bond acceptors (Lipinski definition) is 4. The number of ether oxygens (including phenoxy) is 1. The topological polar surface area (TPSA) is 87.1 Å². The first-order valence-electron chi connectivity index (χ1n) is 11.4. The second-order valence-electron chi connectivity index (χ2n) is 10.2. The van der Waals surface area contributed by atoms with Crippen molar-refractivity contribution >= 4 is 11.9 Å². The molecule has 2 saturated carbocycles. The maximum atomic E-state index is 9.55. The zero-order valence-electron chi connectivity index (χ0n) is 20.1. The van der Waals surface area contributed by atoms with Crippen molar-refractivity contribution in [2.24, 2.45) is 16.7 Å². The largest absolute Gasteiger partial charge is 0.478 e. The molecule has 2 N–H and O–H groups in total. The fourth-order valence-electron chi connectivity index (χ4n) is 5.64. The van der Waals surface area contributed by atoms with E-state index >= 15 is 0 Å². The van der Waals surface area contributed by atoms with Crippen LogP contribution in [0.15, 0.2) is 42.5 Å². The Morgan fingerprint density at radius 3 is 2.12 bits per heavy atom. The van der Waals surface area contributed by atoms with E-state index in [0.717, 1.165) is 31.9 Å². The smallest absolute Gasteiger partial charge is 0.328 e. The van der Waals surface area contributed by atoms with E-state index in [0.29, 0.717) is 17.6 Å². The Labute approximate surface area is 192 Å². The molecule has 2 aliphatic carbocycles. The molecule has 6 heteroatoms. The number of carboxylic acids is 2. The maximum Gasteiger partial charge on any atom is 0.328 e. The molecule has 0 amide bonds. The van der Waals surface area contributed by atoms with Crippen LogP contribution in [-0.2, 0) is 20.7 Å². The lowest BCUT2D eigenvalue weighted by molar-refractivity contribution is -0.139. The van der Waals surface area contributed by atoms with Crippen molar-refractivity contribution in [2.45, 2.75) is 58.5 Å². The highest BCUT2D eigenvalue weighted by atomic mass is 16.5. The molecule has 0 spiro atoms. The lowest BCUT2D eigenvalue weighted by Gasteiger charge is -2.49. The Balaban J connectivity index is 0.000000390. The molecule has 2 aliphatic rings.